The predicted octanol–water partition coefficient (Wildman–Crippen LogP) is 4.28. The Labute approximate surface area is 188 Å². The van der Waals surface area contributed by atoms with Gasteiger partial charge >= 0.3 is 0 Å². The summed E-state index contributed by atoms with van der Waals surface area (Å²) >= 11 is 0. The van der Waals surface area contributed by atoms with E-state index in [-0.39, 0.29) is 23.8 Å². The van der Waals surface area contributed by atoms with Crippen LogP contribution in [0.15, 0.2) is 30.3 Å². The highest BCUT2D eigenvalue weighted by molar-refractivity contribution is 5.76. The van der Waals surface area contributed by atoms with E-state index in [1.54, 1.807) is 6.07 Å². The molecular weight excluding hydrogens is 405 g/mol. The molecule has 0 unspecified atom stereocenters. The molecule has 2 aromatic heterocycles. The lowest BCUT2D eigenvalue weighted by molar-refractivity contribution is -0.121. The van der Waals surface area contributed by atoms with Crippen LogP contribution in [0.4, 0.5) is 4.39 Å². The Morgan fingerprint density at radius 2 is 2.06 bits per heavy atom. The summed E-state index contributed by atoms with van der Waals surface area (Å²) in [5, 5.41) is 7.85. The van der Waals surface area contributed by atoms with Crippen molar-refractivity contribution in [2.45, 2.75) is 72.0 Å². The number of nitrogens with zero attached hydrogens (tertiary/aromatic N) is 4. The molecule has 6 nitrogen and oxygen atoms in total. The normalized spacial score (nSPS) is 16.9. The van der Waals surface area contributed by atoms with Crippen molar-refractivity contribution in [1.29, 1.82) is 0 Å². The molecule has 1 fully saturated rings. The van der Waals surface area contributed by atoms with Gasteiger partial charge in [-0.3, -0.25) is 9.69 Å². The predicted molar refractivity (Wildman–Crippen MR) is 123 cm³/mol. The Hall–Kier alpha value is -2.80. The fraction of sp³-hybridized carbons (Fsp3) is 0.480. The molecule has 1 aromatic carbocycles. The van der Waals surface area contributed by atoms with Gasteiger partial charge in [-0.1, -0.05) is 18.2 Å². The van der Waals surface area contributed by atoms with Crippen molar-refractivity contribution in [3.05, 3.63) is 64.4 Å². The minimum Gasteiger partial charge on any atom is -0.354 e. The summed E-state index contributed by atoms with van der Waals surface area (Å²) in [5.74, 6) is -0.109. The highest BCUT2D eigenvalue weighted by Gasteiger charge is 2.29. The number of halogens is 1. The molecule has 1 N–H and O–H groups in total. The molecule has 3 heterocycles. The topological polar surface area (TPSA) is 62.5 Å². The van der Waals surface area contributed by atoms with Crippen LogP contribution in [0, 0.1) is 19.7 Å². The van der Waals surface area contributed by atoms with Gasteiger partial charge < -0.3 is 5.32 Å². The van der Waals surface area contributed by atoms with Crippen molar-refractivity contribution in [1.82, 2.24) is 24.8 Å². The van der Waals surface area contributed by atoms with Crippen molar-refractivity contribution in [3.8, 4) is 0 Å². The van der Waals surface area contributed by atoms with Crippen molar-refractivity contribution < 1.29 is 9.18 Å². The summed E-state index contributed by atoms with van der Waals surface area (Å²) in [4.78, 5) is 19.2. The van der Waals surface area contributed by atoms with E-state index in [4.69, 9.17) is 10.1 Å². The molecule has 1 aliphatic rings. The van der Waals surface area contributed by atoms with Crippen LogP contribution in [0.3, 0.4) is 0 Å². The standard InChI is InChI=1S/C25H32FN5O/c1-16(2)27-25(32)12-11-20-17(3)28-24-14-22(29-31(24)18(20)4)23-10-7-13-30(23)15-19-8-5-6-9-21(19)26/h5-6,8-9,14,16,23H,7,10-13,15H2,1-4H3,(H,27,32)/t23-/m0/s1. The molecule has 1 amide bonds. The van der Waals surface area contributed by atoms with Crippen LogP contribution in [0.25, 0.3) is 5.65 Å². The summed E-state index contributed by atoms with van der Waals surface area (Å²) < 4.78 is 16.1. The van der Waals surface area contributed by atoms with E-state index < -0.39 is 0 Å². The molecule has 1 saturated heterocycles. The summed E-state index contributed by atoms with van der Waals surface area (Å²) in [7, 11) is 0. The lowest BCUT2D eigenvalue weighted by atomic mass is 10.1. The Morgan fingerprint density at radius 1 is 1.28 bits per heavy atom. The van der Waals surface area contributed by atoms with E-state index in [2.05, 4.69) is 16.3 Å². The SMILES string of the molecule is Cc1nc2cc([C@@H]3CCCN3Cc3ccccc3F)nn2c(C)c1CCC(=O)NC(C)C. The van der Waals surface area contributed by atoms with Crippen molar-refractivity contribution in [3.63, 3.8) is 0 Å². The molecule has 32 heavy (non-hydrogen) atoms. The van der Waals surface area contributed by atoms with Gasteiger partial charge in [-0.2, -0.15) is 5.10 Å². The van der Waals surface area contributed by atoms with Crippen LogP contribution in [0.2, 0.25) is 0 Å². The van der Waals surface area contributed by atoms with Gasteiger partial charge in [-0.05, 0) is 65.1 Å². The molecule has 0 spiro atoms. The Kier molecular flexibility index (Phi) is 6.55. The maximum atomic E-state index is 14.2. The largest absolute Gasteiger partial charge is 0.354 e. The first-order valence-electron chi connectivity index (χ1n) is 11.5. The zero-order chi connectivity index (χ0) is 22.8. The highest BCUT2D eigenvalue weighted by atomic mass is 19.1. The number of rotatable bonds is 7. The van der Waals surface area contributed by atoms with Crippen molar-refractivity contribution in [2.24, 2.45) is 0 Å². The van der Waals surface area contributed by atoms with Gasteiger partial charge in [0.1, 0.15) is 5.82 Å². The number of nitrogens with one attached hydrogen (secondary N) is 1. The monoisotopic (exact) mass is 437 g/mol. The van der Waals surface area contributed by atoms with Gasteiger partial charge in [-0.25, -0.2) is 13.9 Å². The van der Waals surface area contributed by atoms with E-state index in [0.29, 0.717) is 19.4 Å². The number of hydrogen-bond acceptors (Lipinski definition) is 4. The molecule has 0 aliphatic carbocycles. The number of hydrogen-bond donors (Lipinski definition) is 1. The summed E-state index contributed by atoms with van der Waals surface area (Å²) in [6.45, 7) is 9.47. The maximum absolute atomic E-state index is 14.2. The molecule has 170 valence electrons. The molecule has 1 atom stereocenters. The van der Waals surface area contributed by atoms with Crippen LogP contribution < -0.4 is 5.32 Å². The molecule has 0 radical (unpaired) electrons. The lowest BCUT2D eigenvalue weighted by Gasteiger charge is -2.23. The van der Waals surface area contributed by atoms with Gasteiger partial charge in [0.2, 0.25) is 5.91 Å². The molecule has 0 saturated carbocycles. The fourth-order valence-electron chi connectivity index (χ4n) is 4.70. The first kappa shape index (κ1) is 22.4. The maximum Gasteiger partial charge on any atom is 0.220 e. The third-order valence-electron chi connectivity index (χ3n) is 6.27. The van der Waals surface area contributed by atoms with Gasteiger partial charge in [0, 0.05) is 42.0 Å². The molecule has 7 heteroatoms. The summed E-state index contributed by atoms with van der Waals surface area (Å²) in [6.07, 6.45) is 3.13. The van der Waals surface area contributed by atoms with Gasteiger partial charge in [0.15, 0.2) is 5.65 Å². The fourth-order valence-corrected chi connectivity index (χ4v) is 4.70. The first-order chi connectivity index (χ1) is 15.3. The smallest absolute Gasteiger partial charge is 0.220 e. The Bertz CT molecular complexity index is 1120. The lowest BCUT2D eigenvalue weighted by Crippen LogP contribution is -2.30. The number of carbonyl (C=O) groups excluding carboxylic acids is 1. The first-order valence-corrected chi connectivity index (χ1v) is 11.5. The molecule has 1 aliphatic heterocycles. The minimum absolute atomic E-state index is 0.0507. The van der Waals surface area contributed by atoms with Crippen molar-refractivity contribution >= 4 is 11.6 Å². The van der Waals surface area contributed by atoms with Gasteiger partial charge in [0.25, 0.3) is 0 Å². The number of fused-ring (bicyclic) bond motifs is 1. The number of carbonyl (C=O) groups is 1. The Balaban J connectivity index is 1.57. The average molecular weight is 438 g/mol. The van der Waals surface area contributed by atoms with E-state index in [1.807, 2.05) is 44.3 Å². The van der Waals surface area contributed by atoms with Crippen LogP contribution in [-0.4, -0.2) is 38.0 Å². The summed E-state index contributed by atoms with van der Waals surface area (Å²) in [6, 6.07) is 9.32. The van der Waals surface area contributed by atoms with Gasteiger partial charge in [-0.15, -0.1) is 0 Å². The van der Waals surface area contributed by atoms with Crippen LogP contribution in [0.5, 0.6) is 0 Å². The average Bonchev–Trinajstić information content (AvgIpc) is 3.35. The third kappa shape index (κ3) is 4.67. The molecule has 0 bridgehead atoms. The Morgan fingerprint density at radius 3 is 2.81 bits per heavy atom. The van der Waals surface area contributed by atoms with E-state index in [1.165, 1.54) is 6.07 Å². The van der Waals surface area contributed by atoms with Gasteiger partial charge in [0.05, 0.1) is 11.7 Å². The van der Waals surface area contributed by atoms with E-state index in [0.717, 1.165) is 53.2 Å². The van der Waals surface area contributed by atoms with Crippen LogP contribution in [0.1, 0.15) is 67.4 Å². The summed E-state index contributed by atoms with van der Waals surface area (Å²) in [5.41, 5.74) is 5.55. The quantitative estimate of drug-likeness (QED) is 0.599. The second kappa shape index (κ2) is 9.36. The number of likely N-dealkylation sites (tertiary alicyclic amines) is 1. The minimum atomic E-state index is -0.160. The highest BCUT2D eigenvalue weighted by Crippen LogP contribution is 2.33. The number of amides is 1. The molecule has 3 aromatic rings. The van der Waals surface area contributed by atoms with E-state index >= 15 is 0 Å². The van der Waals surface area contributed by atoms with E-state index in [9.17, 15) is 9.18 Å². The molecular formula is C25H32FN5O. The van der Waals surface area contributed by atoms with Crippen LogP contribution in [-0.2, 0) is 17.8 Å². The number of aromatic nitrogens is 3. The molecule has 4 rings (SSSR count). The number of aryl methyl sites for hydroxylation is 2. The second-order valence-electron chi connectivity index (χ2n) is 9.04. The zero-order valence-electron chi connectivity index (χ0n) is 19.4. The zero-order valence-corrected chi connectivity index (χ0v) is 19.4. The number of benzene rings is 1. The third-order valence-corrected chi connectivity index (χ3v) is 6.27. The second-order valence-corrected chi connectivity index (χ2v) is 9.04. The van der Waals surface area contributed by atoms with Crippen molar-refractivity contribution in [2.75, 3.05) is 6.54 Å². The van der Waals surface area contributed by atoms with Crippen LogP contribution >= 0.6 is 0 Å².